The van der Waals surface area contributed by atoms with Crippen molar-refractivity contribution in [2.24, 2.45) is 0 Å². The topological polar surface area (TPSA) is 46.5 Å². The number of allylic oxidation sites excluding steroid dienone is 1. The van der Waals surface area contributed by atoms with Crippen molar-refractivity contribution in [1.29, 1.82) is 0 Å². The quantitative estimate of drug-likeness (QED) is 0.416. The summed E-state index contributed by atoms with van der Waals surface area (Å²) in [6.45, 7) is 5.63. The molecule has 5 heteroatoms. The van der Waals surface area contributed by atoms with E-state index in [-0.39, 0.29) is 27.1 Å². The third-order valence-corrected chi connectivity index (χ3v) is 3.79. The first kappa shape index (κ1) is 18.1. The Morgan fingerprint density at radius 1 is 1.29 bits per heavy atom. The lowest BCUT2D eigenvalue weighted by molar-refractivity contribution is 0.103. The first-order valence-corrected chi connectivity index (χ1v) is 7.93. The summed E-state index contributed by atoms with van der Waals surface area (Å²) in [5.74, 6) is -0.0108. The number of benzene rings is 2. The zero-order valence-corrected chi connectivity index (χ0v) is 14.6. The molecule has 0 atom stereocenters. The van der Waals surface area contributed by atoms with Gasteiger partial charge in [0, 0.05) is 10.6 Å². The Morgan fingerprint density at radius 2 is 2.00 bits per heavy atom. The second-order valence-corrected chi connectivity index (χ2v) is 5.92. The number of ketones is 1. The fraction of sp³-hybridized carbons (Fsp3) is 0.105. The predicted molar refractivity (Wildman–Crippen MR) is 98.2 cm³/mol. The Labute approximate surface area is 150 Å². The molecule has 0 aliphatic rings. The van der Waals surface area contributed by atoms with Gasteiger partial charge < -0.3 is 9.84 Å². The summed E-state index contributed by atoms with van der Waals surface area (Å²) in [7, 11) is 0. The minimum atomic E-state index is -0.365. The maximum Gasteiger partial charge on any atom is 0.192 e. The van der Waals surface area contributed by atoms with Crippen molar-refractivity contribution >= 4 is 35.1 Å². The number of ether oxygens (including phenoxy) is 1. The van der Waals surface area contributed by atoms with Crippen molar-refractivity contribution < 1.29 is 14.6 Å². The van der Waals surface area contributed by atoms with Gasteiger partial charge in [0.05, 0.1) is 10.6 Å². The number of phenols is 1. The highest BCUT2D eigenvalue weighted by Crippen LogP contribution is 2.33. The molecule has 124 valence electrons. The molecule has 2 aromatic carbocycles. The highest BCUT2D eigenvalue weighted by Gasteiger charge is 2.17. The summed E-state index contributed by atoms with van der Waals surface area (Å²) in [6, 6.07) is 10.1. The second-order valence-electron chi connectivity index (χ2n) is 5.08. The van der Waals surface area contributed by atoms with E-state index in [4.69, 9.17) is 27.9 Å². The minimum Gasteiger partial charge on any atom is -0.506 e. The third-order valence-electron chi connectivity index (χ3n) is 3.28. The molecule has 0 aliphatic heterocycles. The van der Waals surface area contributed by atoms with Crippen molar-refractivity contribution in [3.8, 4) is 11.5 Å². The van der Waals surface area contributed by atoms with E-state index in [9.17, 15) is 9.90 Å². The molecule has 2 rings (SSSR count). The van der Waals surface area contributed by atoms with Gasteiger partial charge in [0.2, 0.25) is 0 Å². The molecule has 0 unspecified atom stereocenters. The normalized spacial score (nSPS) is 11.2. The highest BCUT2D eigenvalue weighted by molar-refractivity contribution is 6.36. The largest absolute Gasteiger partial charge is 0.506 e. The first-order chi connectivity index (χ1) is 11.4. The van der Waals surface area contributed by atoms with Crippen LogP contribution in [-0.4, -0.2) is 17.5 Å². The van der Waals surface area contributed by atoms with E-state index in [1.165, 1.54) is 12.1 Å². The van der Waals surface area contributed by atoms with Gasteiger partial charge in [-0.3, -0.25) is 4.79 Å². The lowest BCUT2D eigenvalue weighted by Gasteiger charge is -2.09. The summed E-state index contributed by atoms with van der Waals surface area (Å²) >= 11 is 11.8. The molecule has 3 nitrogen and oxygen atoms in total. The SMILES string of the molecule is C=CCOc1ccccc1/C=C(\C)C(=O)c1cc(Cl)cc(Cl)c1O. The van der Waals surface area contributed by atoms with Crippen LogP contribution in [0.3, 0.4) is 0 Å². The van der Waals surface area contributed by atoms with Gasteiger partial charge in [0.1, 0.15) is 18.1 Å². The van der Waals surface area contributed by atoms with E-state index in [1.54, 1.807) is 25.1 Å². The number of phenolic OH excluding ortho intramolecular Hbond substituents is 1. The van der Waals surface area contributed by atoms with Crippen LogP contribution in [0.5, 0.6) is 11.5 Å². The van der Waals surface area contributed by atoms with Gasteiger partial charge in [-0.05, 0) is 36.8 Å². The van der Waals surface area contributed by atoms with E-state index in [2.05, 4.69) is 6.58 Å². The Kier molecular flexibility index (Phi) is 6.07. The van der Waals surface area contributed by atoms with E-state index < -0.39 is 0 Å². The average molecular weight is 363 g/mol. The molecule has 1 N–H and O–H groups in total. The van der Waals surface area contributed by atoms with Crippen molar-refractivity contribution in [3.05, 3.63) is 75.8 Å². The molecule has 24 heavy (non-hydrogen) atoms. The number of carbonyl (C=O) groups excluding carboxylic acids is 1. The van der Waals surface area contributed by atoms with Crippen LogP contribution in [0.1, 0.15) is 22.8 Å². The molecule has 0 aliphatic carbocycles. The molecule has 0 spiro atoms. The van der Waals surface area contributed by atoms with Crippen molar-refractivity contribution in [3.63, 3.8) is 0 Å². The van der Waals surface area contributed by atoms with Gasteiger partial charge in [-0.15, -0.1) is 0 Å². The van der Waals surface area contributed by atoms with Gasteiger partial charge in [-0.2, -0.15) is 0 Å². The lowest BCUT2D eigenvalue weighted by atomic mass is 10.0. The predicted octanol–water partition coefficient (Wildman–Crippen LogP) is 5.55. The van der Waals surface area contributed by atoms with Gasteiger partial charge >= 0.3 is 0 Å². The molecule has 0 heterocycles. The van der Waals surface area contributed by atoms with E-state index in [0.29, 0.717) is 17.9 Å². The van der Waals surface area contributed by atoms with Crippen molar-refractivity contribution in [1.82, 2.24) is 0 Å². The Balaban J connectivity index is 2.38. The number of carbonyl (C=O) groups is 1. The van der Waals surface area contributed by atoms with Gasteiger partial charge in [0.15, 0.2) is 5.78 Å². The average Bonchev–Trinajstić information content (AvgIpc) is 2.56. The Morgan fingerprint density at radius 3 is 2.71 bits per heavy atom. The van der Waals surface area contributed by atoms with Crippen LogP contribution in [0.2, 0.25) is 10.0 Å². The molecule has 0 aromatic heterocycles. The first-order valence-electron chi connectivity index (χ1n) is 7.17. The molecule has 2 aromatic rings. The van der Waals surface area contributed by atoms with Crippen molar-refractivity contribution in [2.45, 2.75) is 6.92 Å². The molecular weight excluding hydrogens is 347 g/mol. The third kappa shape index (κ3) is 4.19. The Bertz CT molecular complexity index is 810. The van der Waals surface area contributed by atoms with Crippen LogP contribution in [-0.2, 0) is 0 Å². The van der Waals surface area contributed by atoms with Gasteiger partial charge in [-0.1, -0.05) is 54.1 Å². The zero-order chi connectivity index (χ0) is 17.7. The maximum absolute atomic E-state index is 12.6. The molecule has 0 saturated heterocycles. The van der Waals surface area contributed by atoms with Crippen LogP contribution in [0.4, 0.5) is 0 Å². The number of Topliss-reactive ketones (excluding diaryl/α,β-unsaturated/α-hetero) is 1. The highest BCUT2D eigenvalue weighted by atomic mass is 35.5. The Hall–Kier alpha value is -2.23. The van der Waals surface area contributed by atoms with Crippen LogP contribution in [0.25, 0.3) is 6.08 Å². The van der Waals surface area contributed by atoms with Crippen molar-refractivity contribution in [2.75, 3.05) is 6.61 Å². The maximum atomic E-state index is 12.6. The van der Waals surface area contributed by atoms with Gasteiger partial charge in [-0.25, -0.2) is 0 Å². The van der Waals surface area contributed by atoms with Gasteiger partial charge in [0.25, 0.3) is 0 Å². The number of hydrogen-bond donors (Lipinski definition) is 1. The zero-order valence-electron chi connectivity index (χ0n) is 13.1. The van der Waals surface area contributed by atoms with E-state index in [1.807, 2.05) is 18.2 Å². The summed E-state index contributed by atoms with van der Waals surface area (Å²) < 4.78 is 5.57. The lowest BCUT2D eigenvalue weighted by Crippen LogP contribution is -2.02. The fourth-order valence-corrected chi connectivity index (χ4v) is 2.62. The number of halogens is 2. The van der Waals surface area contributed by atoms with E-state index in [0.717, 1.165) is 5.56 Å². The summed E-state index contributed by atoms with van der Waals surface area (Å²) in [6.07, 6.45) is 3.33. The van der Waals surface area contributed by atoms with E-state index >= 15 is 0 Å². The van der Waals surface area contributed by atoms with Crippen LogP contribution >= 0.6 is 23.2 Å². The number of rotatable bonds is 6. The molecule has 0 fully saturated rings. The summed E-state index contributed by atoms with van der Waals surface area (Å²) in [4.78, 5) is 12.6. The molecule has 0 amide bonds. The molecular formula is C19H16Cl2O3. The number of para-hydroxylation sites is 1. The number of hydrogen-bond acceptors (Lipinski definition) is 3. The number of aromatic hydroxyl groups is 1. The second kappa shape index (κ2) is 8.04. The monoisotopic (exact) mass is 362 g/mol. The van der Waals surface area contributed by atoms with Crippen LogP contribution < -0.4 is 4.74 Å². The molecule has 0 radical (unpaired) electrons. The summed E-state index contributed by atoms with van der Waals surface area (Å²) in [5, 5.41) is 10.3. The smallest absolute Gasteiger partial charge is 0.192 e. The standard InChI is InChI=1S/C19H16Cl2O3/c1-3-8-24-17-7-5-4-6-13(17)9-12(2)18(22)15-10-14(20)11-16(21)19(15)23/h3-7,9-11,23H,1,8H2,2H3/b12-9+. The summed E-state index contributed by atoms with van der Waals surface area (Å²) in [5.41, 5.74) is 1.22. The molecule has 0 saturated carbocycles. The van der Waals surface area contributed by atoms with Crippen LogP contribution in [0.15, 0.2) is 54.6 Å². The molecule has 0 bridgehead atoms. The fourth-order valence-electron chi connectivity index (χ4n) is 2.13. The van der Waals surface area contributed by atoms with Crippen LogP contribution in [0, 0.1) is 0 Å². The minimum absolute atomic E-state index is 0.0355.